The van der Waals surface area contributed by atoms with Crippen molar-refractivity contribution in [1.29, 1.82) is 0 Å². The van der Waals surface area contributed by atoms with Crippen LogP contribution in [0.5, 0.6) is 0 Å². The average Bonchev–Trinajstić information content (AvgIpc) is 2.89. The van der Waals surface area contributed by atoms with Crippen LogP contribution in [0.2, 0.25) is 0 Å². The highest BCUT2D eigenvalue weighted by Crippen LogP contribution is 2.19. The van der Waals surface area contributed by atoms with Crippen LogP contribution in [0.15, 0.2) is 54.9 Å². The Labute approximate surface area is 117 Å². The smallest absolute Gasteiger partial charge is 0.186 e. The predicted octanol–water partition coefficient (Wildman–Crippen LogP) is 3.77. The third-order valence-electron chi connectivity index (χ3n) is 3.32. The molecule has 0 atom stereocenters. The number of fused-ring (bicyclic) bond motifs is 1. The van der Waals surface area contributed by atoms with Gasteiger partial charge in [-0.3, -0.25) is 4.79 Å². The number of aryl methyl sites for hydroxylation is 1. The number of rotatable bonds is 3. The molecule has 0 saturated carbocycles. The van der Waals surface area contributed by atoms with Gasteiger partial charge in [0.05, 0.1) is 12.0 Å². The van der Waals surface area contributed by atoms with Gasteiger partial charge in [0.1, 0.15) is 0 Å². The van der Waals surface area contributed by atoms with E-state index in [1.807, 2.05) is 49.4 Å². The molecule has 3 nitrogen and oxygen atoms in total. The number of carbonyl (C=O) groups is 1. The number of carbonyl (C=O) groups excluding carboxylic acids is 1. The van der Waals surface area contributed by atoms with Gasteiger partial charge in [-0.2, -0.15) is 0 Å². The molecular weight excluding hydrogens is 248 g/mol. The second kappa shape index (κ2) is 5.13. The maximum Gasteiger partial charge on any atom is 0.186 e. The van der Waals surface area contributed by atoms with E-state index < -0.39 is 0 Å². The maximum absolute atomic E-state index is 12.3. The van der Waals surface area contributed by atoms with Gasteiger partial charge in [0.2, 0.25) is 0 Å². The number of nitrogens with one attached hydrogen (secondary N) is 1. The number of nitrogens with zero attached hydrogens (tertiary/aromatic N) is 1. The van der Waals surface area contributed by atoms with E-state index in [0.29, 0.717) is 5.56 Å². The van der Waals surface area contributed by atoms with Crippen molar-refractivity contribution < 1.29 is 4.79 Å². The van der Waals surface area contributed by atoms with Gasteiger partial charge in [0, 0.05) is 11.3 Å². The third-order valence-corrected chi connectivity index (χ3v) is 3.32. The molecule has 0 fully saturated rings. The molecule has 0 aliphatic heterocycles. The zero-order valence-corrected chi connectivity index (χ0v) is 11.1. The highest BCUT2D eigenvalue weighted by Gasteiger charge is 2.06. The Morgan fingerprint density at radius 2 is 1.95 bits per heavy atom. The first-order valence-corrected chi connectivity index (χ1v) is 6.46. The molecule has 1 heterocycles. The Balaban J connectivity index is 1.97. The van der Waals surface area contributed by atoms with Crippen LogP contribution in [-0.4, -0.2) is 15.8 Å². The molecule has 3 aromatic rings. The Bertz CT molecular complexity index is 794. The molecule has 0 unspecified atom stereocenters. The molecule has 98 valence electrons. The molecule has 0 saturated heterocycles. The molecule has 0 aliphatic rings. The van der Waals surface area contributed by atoms with Gasteiger partial charge in [-0.05, 0) is 29.8 Å². The van der Waals surface area contributed by atoms with E-state index >= 15 is 0 Å². The first-order valence-electron chi connectivity index (χ1n) is 6.46. The van der Waals surface area contributed by atoms with E-state index in [2.05, 4.69) is 9.97 Å². The number of aromatic amines is 1. The van der Waals surface area contributed by atoms with E-state index in [0.717, 1.165) is 22.2 Å². The summed E-state index contributed by atoms with van der Waals surface area (Å²) in [6, 6.07) is 13.7. The quantitative estimate of drug-likeness (QED) is 0.577. The average molecular weight is 262 g/mol. The SMILES string of the molecule is Cc1[nH]cnc1/C=C/C(=O)c1cccc2ccccc12. The second-order valence-corrected chi connectivity index (χ2v) is 4.64. The lowest BCUT2D eigenvalue weighted by atomic mass is 10.0. The van der Waals surface area contributed by atoms with Crippen molar-refractivity contribution in [3.05, 3.63) is 71.8 Å². The summed E-state index contributed by atoms with van der Waals surface area (Å²) in [5.74, 6) is -0.0100. The summed E-state index contributed by atoms with van der Waals surface area (Å²) in [6.45, 7) is 1.93. The fourth-order valence-corrected chi connectivity index (χ4v) is 2.22. The van der Waals surface area contributed by atoms with E-state index in [4.69, 9.17) is 0 Å². The van der Waals surface area contributed by atoms with Gasteiger partial charge in [-0.1, -0.05) is 42.5 Å². The minimum Gasteiger partial charge on any atom is -0.348 e. The normalized spacial score (nSPS) is 11.2. The molecule has 20 heavy (non-hydrogen) atoms. The first-order chi connectivity index (χ1) is 9.75. The van der Waals surface area contributed by atoms with Gasteiger partial charge in [-0.15, -0.1) is 0 Å². The molecule has 2 aromatic carbocycles. The number of H-pyrrole nitrogens is 1. The summed E-state index contributed by atoms with van der Waals surface area (Å²) < 4.78 is 0. The number of allylic oxidation sites excluding steroid dienone is 1. The lowest BCUT2D eigenvalue weighted by Gasteiger charge is -2.02. The van der Waals surface area contributed by atoms with Crippen molar-refractivity contribution in [2.45, 2.75) is 6.92 Å². The van der Waals surface area contributed by atoms with E-state index in [-0.39, 0.29) is 5.78 Å². The summed E-state index contributed by atoms with van der Waals surface area (Å²) in [7, 11) is 0. The molecule has 0 amide bonds. The van der Waals surface area contributed by atoms with Gasteiger partial charge >= 0.3 is 0 Å². The Morgan fingerprint density at radius 3 is 2.75 bits per heavy atom. The minimum absolute atomic E-state index is 0.0100. The van der Waals surface area contributed by atoms with E-state index in [9.17, 15) is 4.79 Å². The summed E-state index contributed by atoms with van der Waals surface area (Å²) in [5, 5.41) is 2.05. The van der Waals surface area contributed by atoms with Crippen LogP contribution in [0.4, 0.5) is 0 Å². The maximum atomic E-state index is 12.3. The molecule has 1 aromatic heterocycles. The lowest BCUT2D eigenvalue weighted by Crippen LogP contribution is -1.95. The first kappa shape index (κ1) is 12.4. The van der Waals surface area contributed by atoms with Gasteiger partial charge in [0.25, 0.3) is 0 Å². The number of ketones is 1. The van der Waals surface area contributed by atoms with Crippen molar-refractivity contribution >= 4 is 22.6 Å². The largest absolute Gasteiger partial charge is 0.348 e. The molecular formula is C17H14N2O. The molecule has 3 rings (SSSR count). The third kappa shape index (κ3) is 2.26. The predicted molar refractivity (Wildman–Crippen MR) is 80.6 cm³/mol. The van der Waals surface area contributed by atoms with Crippen molar-refractivity contribution in [2.75, 3.05) is 0 Å². The molecule has 1 N–H and O–H groups in total. The molecule has 3 heteroatoms. The van der Waals surface area contributed by atoms with Gasteiger partial charge in [0.15, 0.2) is 5.78 Å². The molecule has 0 bridgehead atoms. The van der Waals surface area contributed by atoms with Crippen LogP contribution in [0, 0.1) is 6.92 Å². The number of benzene rings is 2. The van der Waals surface area contributed by atoms with Gasteiger partial charge in [-0.25, -0.2) is 4.98 Å². The molecule has 0 radical (unpaired) electrons. The van der Waals surface area contributed by atoms with Crippen molar-refractivity contribution in [3.8, 4) is 0 Å². The van der Waals surface area contributed by atoms with Crippen molar-refractivity contribution in [3.63, 3.8) is 0 Å². The van der Waals surface area contributed by atoms with Crippen molar-refractivity contribution in [2.24, 2.45) is 0 Å². The topological polar surface area (TPSA) is 45.8 Å². The standard InChI is InChI=1S/C17H14N2O/c1-12-16(19-11-18-12)9-10-17(20)15-8-4-6-13-5-2-3-7-14(13)15/h2-11H,1H3,(H,18,19)/b10-9+. The highest BCUT2D eigenvalue weighted by molar-refractivity contribution is 6.14. The fourth-order valence-electron chi connectivity index (χ4n) is 2.22. The number of hydrogen-bond donors (Lipinski definition) is 1. The number of imidazole rings is 1. The fraction of sp³-hybridized carbons (Fsp3) is 0.0588. The second-order valence-electron chi connectivity index (χ2n) is 4.64. The molecule has 0 spiro atoms. The van der Waals surface area contributed by atoms with Crippen molar-refractivity contribution in [1.82, 2.24) is 9.97 Å². The Morgan fingerprint density at radius 1 is 1.15 bits per heavy atom. The molecule has 0 aliphatic carbocycles. The monoisotopic (exact) mass is 262 g/mol. The number of hydrogen-bond acceptors (Lipinski definition) is 2. The Kier molecular flexibility index (Phi) is 3.17. The zero-order valence-electron chi connectivity index (χ0n) is 11.1. The lowest BCUT2D eigenvalue weighted by molar-refractivity contribution is 0.104. The van der Waals surface area contributed by atoms with E-state index in [1.54, 1.807) is 18.5 Å². The zero-order chi connectivity index (χ0) is 13.9. The summed E-state index contributed by atoms with van der Waals surface area (Å²) in [5.41, 5.74) is 2.46. The summed E-state index contributed by atoms with van der Waals surface area (Å²) in [6.07, 6.45) is 4.94. The van der Waals surface area contributed by atoms with Crippen LogP contribution >= 0.6 is 0 Å². The van der Waals surface area contributed by atoms with E-state index in [1.165, 1.54) is 0 Å². The van der Waals surface area contributed by atoms with Crippen LogP contribution < -0.4 is 0 Å². The minimum atomic E-state index is -0.0100. The highest BCUT2D eigenvalue weighted by atomic mass is 16.1. The van der Waals surface area contributed by atoms with Crippen LogP contribution in [0.25, 0.3) is 16.8 Å². The van der Waals surface area contributed by atoms with Gasteiger partial charge < -0.3 is 4.98 Å². The Hall–Kier alpha value is -2.68. The van der Waals surface area contributed by atoms with Crippen LogP contribution in [0.3, 0.4) is 0 Å². The van der Waals surface area contributed by atoms with Crippen LogP contribution in [-0.2, 0) is 0 Å². The van der Waals surface area contributed by atoms with Crippen LogP contribution in [0.1, 0.15) is 21.7 Å². The summed E-state index contributed by atoms with van der Waals surface area (Å²) in [4.78, 5) is 19.5. The number of aromatic nitrogens is 2. The summed E-state index contributed by atoms with van der Waals surface area (Å²) >= 11 is 0.